The molecule has 2 aliphatic heterocycles. The molecule has 10 heteroatoms. The van der Waals surface area contributed by atoms with Crippen molar-refractivity contribution in [1.82, 2.24) is 20.0 Å². The molecule has 0 bridgehead atoms. The standard InChI is InChI=1S/C33H41N7O3/c1-19(24-10-7-15-39(24)4)42-27-16-26(40-18-25(41)32(40,2)3)36-31(37-27)29-21-9-6-14-33(30(21)43-38-29)13-5-8-20-11-12-23(35)22(17-34)28(20)33/h11-12,16,19,24-25,41H,5-10,13-15,18,35H2,1-4H3/t19-,24-,25+,33+/m0/s1. The molecule has 4 heterocycles. The number of rotatable bonds is 5. The summed E-state index contributed by atoms with van der Waals surface area (Å²) in [6.07, 6.45) is 7.13. The summed E-state index contributed by atoms with van der Waals surface area (Å²) in [5, 5.41) is 25.3. The van der Waals surface area contributed by atoms with E-state index in [1.165, 1.54) is 5.56 Å². The highest BCUT2D eigenvalue weighted by Gasteiger charge is 2.49. The molecular formula is C33H41N7O3. The summed E-state index contributed by atoms with van der Waals surface area (Å²) in [5.74, 6) is 2.47. The van der Waals surface area contributed by atoms with Crippen LogP contribution < -0.4 is 15.4 Å². The molecule has 2 aromatic heterocycles. The Balaban J connectivity index is 1.33. The topological polar surface area (TPSA) is 138 Å². The van der Waals surface area contributed by atoms with E-state index in [4.69, 9.17) is 25.0 Å². The van der Waals surface area contributed by atoms with Gasteiger partial charge in [-0.3, -0.25) is 4.90 Å². The molecular weight excluding hydrogens is 542 g/mol. The first-order valence-corrected chi connectivity index (χ1v) is 15.7. The minimum Gasteiger partial charge on any atom is -0.473 e. The number of ether oxygens (including phenoxy) is 1. The van der Waals surface area contributed by atoms with E-state index in [1.807, 2.05) is 26.0 Å². The number of nitrogens with two attached hydrogens (primary N) is 1. The molecule has 1 spiro atoms. The number of fused-ring (bicyclic) bond motifs is 4. The van der Waals surface area contributed by atoms with Crippen molar-refractivity contribution in [3.8, 4) is 23.5 Å². The number of anilines is 2. The number of aromatic nitrogens is 3. The Kier molecular flexibility index (Phi) is 6.67. The van der Waals surface area contributed by atoms with Gasteiger partial charge in [-0.1, -0.05) is 11.2 Å². The van der Waals surface area contributed by atoms with Crippen LogP contribution in [-0.4, -0.2) is 69.1 Å². The summed E-state index contributed by atoms with van der Waals surface area (Å²) in [6, 6.07) is 8.53. The van der Waals surface area contributed by atoms with Gasteiger partial charge in [0, 0.05) is 29.9 Å². The number of hydrogen-bond donors (Lipinski definition) is 2. The smallest absolute Gasteiger partial charge is 0.219 e. The van der Waals surface area contributed by atoms with E-state index in [0.717, 1.165) is 74.8 Å². The lowest BCUT2D eigenvalue weighted by molar-refractivity contribution is 0.0418. The third-order valence-corrected chi connectivity index (χ3v) is 10.7. The van der Waals surface area contributed by atoms with Crippen molar-refractivity contribution in [3.63, 3.8) is 0 Å². The van der Waals surface area contributed by atoms with E-state index < -0.39 is 17.1 Å². The maximum atomic E-state index is 10.5. The van der Waals surface area contributed by atoms with Gasteiger partial charge >= 0.3 is 0 Å². The van der Waals surface area contributed by atoms with Gasteiger partial charge in [-0.15, -0.1) is 0 Å². The van der Waals surface area contributed by atoms with Crippen LogP contribution in [0.25, 0.3) is 11.5 Å². The molecule has 2 aliphatic carbocycles. The molecule has 10 nitrogen and oxygen atoms in total. The second-order valence-electron chi connectivity index (χ2n) is 13.5. The Bertz CT molecular complexity index is 1610. The minimum absolute atomic E-state index is 0.0545. The number of aliphatic hydroxyl groups is 1. The van der Waals surface area contributed by atoms with E-state index in [0.29, 0.717) is 47.1 Å². The zero-order chi connectivity index (χ0) is 30.1. The summed E-state index contributed by atoms with van der Waals surface area (Å²) >= 11 is 0. The molecule has 0 unspecified atom stereocenters. The molecule has 4 aliphatic rings. The van der Waals surface area contributed by atoms with Gasteiger partial charge in [0.25, 0.3) is 0 Å². The lowest BCUT2D eigenvalue weighted by Gasteiger charge is -2.53. The van der Waals surface area contributed by atoms with Gasteiger partial charge in [-0.05, 0) is 103 Å². The molecule has 1 aromatic carbocycles. The molecule has 2 fully saturated rings. The fourth-order valence-electron chi connectivity index (χ4n) is 8.10. The first-order valence-electron chi connectivity index (χ1n) is 15.7. The lowest BCUT2D eigenvalue weighted by atomic mass is 9.61. The van der Waals surface area contributed by atoms with Crippen LogP contribution in [0, 0.1) is 11.3 Å². The van der Waals surface area contributed by atoms with Gasteiger partial charge in [0.05, 0.1) is 22.6 Å². The Morgan fingerprint density at radius 2 is 1.98 bits per heavy atom. The van der Waals surface area contributed by atoms with Crippen molar-refractivity contribution in [3.05, 3.63) is 46.2 Å². The predicted octanol–water partition coefficient (Wildman–Crippen LogP) is 4.37. The van der Waals surface area contributed by atoms with Crippen LogP contribution >= 0.6 is 0 Å². The van der Waals surface area contributed by atoms with Crippen molar-refractivity contribution >= 4 is 11.5 Å². The molecule has 3 aromatic rings. The fraction of sp³-hybridized carbons (Fsp3) is 0.576. The normalized spacial score (nSPS) is 26.8. The quantitative estimate of drug-likeness (QED) is 0.417. The molecule has 0 radical (unpaired) electrons. The van der Waals surface area contributed by atoms with Crippen molar-refractivity contribution in [2.75, 3.05) is 30.8 Å². The van der Waals surface area contributed by atoms with Crippen molar-refractivity contribution in [2.45, 2.75) is 101 Å². The van der Waals surface area contributed by atoms with Crippen LogP contribution in [0.1, 0.15) is 87.3 Å². The van der Waals surface area contributed by atoms with Gasteiger partial charge in [-0.2, -0.15) is 10.2 Å². The molecule has 226 valence electrons. The average Bonchev–Trinajstić information content (AvgIpc) is 3.63. The third-order valence-electron chi connectivity index (χ3n) is 10.7. The van der Waals surface area contributed by atoms with Gasteiger partial charge in [-0.25, -0.2) is 4.98 Å². The minimum atomic E-state index is -0.465. The molecule has 2 saturated heterocycles. The second-order valence-corrected chi connectivity index (χ2v) is 13.5. The number of hydrogen-bond acceptors (Lipinski definition) is 10. The second kappa shape index (κ2) is 10.2. The van der Waals surface area contributed by atoms with E-state index >= 15 is 0 Å². The first-order chi connectivity index (χ1) is 20.6. The number of likely N-dealkylation sites (tertiary alicyclic amines) is 1. The SMILES string of the molecule is C[C@H](Oc1cc(N2C[C@@H](O)C2(C)C)nc(-c2noc3c2CCC[C@@]32CCCc3ccc(N)c(C#N)c32)n1)[C@@H]1CCCN1C. The molecule has 0 saturated carbocycles. The maximum Gasteiger partial charge on any atom is 0.219 e. The lowest BCUT2D eigenvalue weighted by Crippen LogP contribution is -2.68. The summed E-state index contributed by atoms with van der Waals surface area (Å²) in [4.78, 5) is 14.4. The van der Waals surface area contributed by atoms with Crippen LogP contribution in [0.2, 0.25) is 0 Å². The largest absolute Gasteiger partial charge is 0.473 e. The number of likely N-dealkylation sites (N-methyl/N-ethyl adjacent to an activating group) is 1. The maximum absolute atomic E-state index is 10.5. The zero-order valence-corrected chi connectivity index (χ0v) is 25.6. The number of benzene rings is 1. The van der Waals surface area contributed by atoms with Crippen molar-refractivity contribution in [1.29, 1.82) is 5.26 Å². The highest BCUT2D eigenvalue weighted by molar-refractivity contribution is 5.68. The Morgan fingerprint density at radius 3 is 2.67 bits per heavy atom. The van der Waals surface area contributed by atoms with Gasteiger partial charge in [0.1, 0.15) is 18.0 Å². The first kappa shape index (κ1) is 28.1. The Labute approximate surface area is 252 Å². The summed E-state index contributed by atoms with van der Waals surface area (Å²) in [6.45, 7) is 7.68. The molecule has 43 heavy (non-hydrogen) atoms. The highest BCUT2D eigenvalue weighted by Crippen LogP contribution is 2.53. The average molecular weight is 584 g/mol. The van der Waals surface area contributed by atoms with Gasteiger partial charge in [0.2, 0.25) is 5.88 Å². The summed E-state index contributed by atoms with van der Waals surface area (Å²) in [7, 11) is 2.14. The van der Waals surface area contributed by atoms with E-state index in [1.54, 1.807) is 0 Å². The molecule has 4 atom stereocenters. The number of aryl methyl sites for hydroxylation is 1. The number of nitrogen functional groups attached to an aromatic ring is 1. The third kappa shape index (κ3) is 4.31. The Morgan fingerprint density at radius 1 is 1.19 bits per heavy atom. The summed E-state index contributed by atoms with van der Waals surface area (Å²) in [5.41, 5.74) is 10.3. The van der Waals surface area contributed by atoms with Crippen molar-refractivity contribution < 1.29 is 14.4 Å². The summed E-state index contributed by atoms with van der Waals surface area (Å²) < 4.78 is 12.8. The highest BCUT2D eigenvalue weighted by atomic mass is 16.5. The van der Waals surface area contributed by atoms with Gasteiger partial charge < -0.3 is 25.0 Å². The number of nitriles is 1. The van der Waals surface area contributed by atoms with E-state index in [-0.39, 0.29) is 6.10 Å². The van der Waals surface area contributed by atoms with Crippen LogP contribution in [-0.2, 0) is 18.3 Å². The Hall–Kier alpha value is -3.68. The van der Waals surface area contributed by atoms with Crippen LogP contribution in [0.4, 0.5) is 11.5 Å². The van der Waals surface area contributed by atoms with E-state index in [2.05, 4.69) is 41.1 Å². The van der Waals surface area contributed by atoms with Gasteiger partial charge in [0.15, 0.2) is 17.3 Å². The monoisotopic (exact) mass is 583 g/mol. The molecule has 7 rings (SSSR count). The zero-order valence-electron chi connectivity index (χ0n) is 25.6. The molecule has 0 amide bonds. The van der Waals surface area contributed by atoms with Crippen molar-refractivity contribution in [2.24, 2.45) is 0 Å². The predicted molar refractivity (Wildman–Crippen MR) is 163 cm³/mol. The number of nitrogens with zero attached hydrogens (tertiary/aromatic N) is 6. The van der Waals surface area contributed by atoms with Crippen LogP contribution in [0.3, 0.4) is 0 Å². The van der Waals surface area contributed by atoms with Crippen LogP contribution in [0.15, 0.2) is 22.7 Å². The fourth-order valence-corrected chi connectivity index (χ4v) is 8.10. The number of aliphatic hydroxyl groups excluding tert-OH is 1. The van der Waals surface area contributed by atoms with Crippen LogP contribution in [0.5, 0.6) is 5.88 Å². The van der Waals surface area contributed by atoms with E-state index in [9.17, 15) is 10.4 Å². The number of β-amino-alcohol motifs (C(OH)–C–C–N with tert-alkyl or cyclic N) is 1. The molecule has 3 N–H and O–H groups in total.